The third kappa shape index (κ3) is 4.32. The minimum Gasteiger partial charge on any atom is -0.457 e. The molecule has 1 heterocycles. The molecule has 0 aromatic rings. The van der Waals surface area contributed by atoms with E-state index < -0.39 is 17.7 Å². The third-order valence-corrected chi connectivity index (χ3v) is 2.41. The SMILES string of the molecule is CC(C)(C)OC(=O)C(OC=O)C1CC(N)CN1. The van der Waals surface area contributed by atoms with Gasteiger partial charge in [0, 0.05) is 12.6 Å². The highest BCUT2D eigenvalue weighted by atomic mass is 16.6. The molecule has 0 aromatic heterocycles. The van der Waals surface area contributed by atoms with E-state index in [1.807, 2.05) is 0 Å². The van der Waals surface area contributed by atoms with Gasteiger partial charge in [0.05, 0.1) is 6.04 Å². The molecule has 1 aliphatic rings. The molecule has 3 N–H and O–H groups in total. The predicted molar refractivity (Wildman–Crippen MR) is 61.2 cm³/mol. The molecule has 17 heavy (non-hydrogen) atoms. The van der Waals surface area contributed by atoms with Crippen LogP contribution in [-0.2, 0) is 19.1 Å². The van der Waals surface area contributed by atoms with Crippen LogP contribution in [0.1, 0.15) is 27.2 Å². The summed E-state index contributed by atoms with van der Waals surface area (Å²) >= 11 is 0. The number of esters is 1. The van der Waals surface area contributed by atoms with Crippen LogP contribution in [0, 0.1) is 0 Å². The van der Waals surface area contributed by atoms with Crippen molar-refractivity contribution in [2.24, 2.45) is 5.73 Å². The second-order valence-electron chi connectivity index (χ2n) is 5.20. The average molecular weight is 244 g/mol. The number of ether oxygens (including phenoxy) is 2. The second-order valence-corrected chi connectivity index (χ2v) is 5.20. The first-order valence-electron chi connectivity index (χ1n) is 5.64. The van der Waals surface area contributed by atoms with E-state index in [0.717, 1.165) is 0 Å². The average Bonchev–Trinajstić information content (AvgIpc) is 2.58. The van der Waals surface area contributed by atoms with Crippen LogP contribution in [0.4, 0.5) is 0 Å². The first-order chi connectivity index (χ1) is 7.83. The number of hydrogen-bond acceptors (Lipinski definition) is 6. The van der Waals surface area contributed by atoms with Gasteiger partial charge in [-0.3, -0.25) is 4.79 Å². The van der Waals surface area contributed by atoms with Gasteiger partial charge in [-0.25, -0.2) is 4.79 Å². The summed E-state index contributed by atoms with van der Waals surface area (Å²) in [7, 11) is 0. The summed E-state index contributed by atoms with van der Waals surface area (Å²) in [5.41, 5.74) is 5.12. The molecule has 3 unspecified atom stereocenters. The number of carbonyl (C=O) groups excluding carboxylic acids is 2. The van der Waals surface area contributed by atoms with Crippen LogP contribution in [0.2, 0.25) is 0 Å². The van der Waals surface area contributed by atoms with Gasteiger partial charge < -0.3 is 20.5 Å². The molecular weight excluding hydrogens is 224 g/mol. The maximum Gasteiger partial charge on any atom is 0.349 e. The maximum absolute atomic E-state index is 11.9. The zero-order valence-corrected chi connectivity index (χ0v) is 10.4. The molecule has 0 radical (unpaired) electrons. The molecule has 0 bridgehead atoms. The van der Waals surface area contributed by atoms with E-state index in [-0.39, 0.29) is 18.6 Å². The van der Waals surface area contributed by atoms with E-state index >= 15 is 0 Å². The molecule has 0 aliphatic carbocycles. The molecule has 3 atom stereocenters. The van der Waals surface area contributed by atoms with Crippen LogP contribution in [0.3, 0.4) is 0 Å². The van der Waals surface area contributed by atoms with E-state index in [1.165, 1.54) is 0 Å². The lowest BCUT2D eigenvalue weighted by molar-refractivity contribution is -0.172. The fourth-order valence-electron chi connectivity index (χ4n) is 1.76. The van der Waals surface area contributed by atoms with E-state index in [0.29, 0.717) is 13.0 Å². The molecular formula is C11H20N2O4. The largest absolute Gasteiger partial charge is 0.457 e. The van der Waals surface area contributed by atoms with Crippen molar-refractivity contribution in [3.8, 4) is 0 Å². The molecule has 1 rings (SSSR count). The van der Waals surface area contributed by atoms with Gasteiger partial charge >= 0.3 is 5.97 Å². The zero-order chi connectivity index (χ0) is 13.1. The molecule has 0 spiro atoms. The summed E-state index contributed by atoms with van der Waals surface area (Å²) in [6, 6.07) is -0.301. The minimum absolute atomic E-state index is 0.0276. The van der Waals surface area contributed by atoms with E-state index in [4.69, 9.17) is 15.2 Å². The first kappa shape index (κ1) is 13.9. The number of nitrogens with one attached hydrogen (secondary N) is 1. The van der Waals surface area contributed by atoms with Gasteiger partial charge in [0.1, 0.15) is 5.60 Å². The Morgan fingerprint density at radius 2 is 2.18 bits per heavy atom. The van der Waals surface area contributed by atoms with Crippen LogP contribution in [-0.4, -0.2) is 42.8 Å². The molecule has 0 amide bonds. The Labute approximate surface area is 101 Å². The Morgan fingerprint density at radius 1 is 1.53 bits per heavy atom. The highest BCUT2D eigenvalue weighted by Crippen LogP contribution is 2.16. The minimum atomic E-state index is -0.930. The summed E-state index contributed by atoms with van der Waals surface area (Å²) in [5.74, 6) is -0.545. The third-order valence-electron chi connectivity index (χ3n) is 2.41. The highest BCUT2D eigenvalue weighted by molar-refractivity contribution is 5.77. The summed E-state index contributed by atoms with van der Waals surface area (Å²) in [6.07, 6.45) is -0.349. The van der Waals surface area contributed by atoms with Crippen molar-refractivity contribution in [3.63, 3.8) is 0 Å². The lowest BCUT2D eigenvalue weighted by Crippen LogP contribution is -2.45. The monoisotopic (exact) mass is 244 g/mol. The van der Waals surface area contributed by atoms with Crippen molar-refractivity contribution in [1.82, 2.24) is 5.32 Å². The van der Waals surface area contributed by atoms with Crippen LogP contribution < -0.4 is 11.1 Å². The van der Waals surface area contributed by atoms with E-state index in [2.05, 4.69) is 5.32 Å². The number of rotatable bonds is 4. The van der Waals surface area contributed by atoms with Gasteiger partial charge in [0.2, 0.25) is 6.10 Å². The molecule has 98 valence electrons. The van der Waals surface area contributed by atoms with E-state index in [1.54, 1.807) is 20.8 Å². The quantitative estimate of drug-likeness (QED) is 0.514. The van der Waals surface area contributed by atoms with Crippen LogP contribution in [0.5, 0.6) is 0 Å². The second kappa shape index (κ2) is 5.46. The number of carbonyl (C=O) groups is 2. The van der Waals surface area contributed by atoms with Crippen molar-refractivity contribution in [1.29, 1.82) is 0 Å². The zero-order valence-electron chi connectivity index (χ0n) is 10.4. The fourth-order valence-corrected chi connectivity index (χ4v) is 1.76. The van der Waals surface area contributed by atoms with Crippen molar-refractivity contribution in [2.45, 2.75) is 51.0 Å². The summed E-state index contributed by atoms with van der Waals surface area (Å²) in [4.78, 5) is 22.3. The van der Waals surface area contributed by atoms with E-state index in [9.17, 15) is 9.59 Å². The van der Waals surface area contributed by atoms with Gasteiger partial charge in [-0.05, 0) is 27.2 Å². The van der Waals surface area contributed by atoms with Crippen LogP contribution in [0.15, 0.2) is 0 Å². The molecule has 0 aromatic carbocycles. The summed E-state index contributed by atoms with van der Waals surface area (Å²) in [6.45, 7) is 6.15. The standard InChI is InChI=1S/C11H20N2O4/c1-11(2,3)17-10(15)9(16-6-14)8-4-7(12)5-13-8/h6-9,13H,4-5,12H2,1-3H3. The highest BCUT2D eigenvalue weighted by Gasteiger charge is 2.37. The Morgan fingerprint density at radius 3 is 2.59 bits per heavy atom. The molecule has 1 fully saturated rings. The molecule has 0 saturated carbocycles. The van der Waals surface area contributed by atoms with Crippen molar-refractivity contribution < 1.29 is 19.1 Å². The summed E-state index contributed by atoms with van der Waals surface area (Å²) in [5, 5.41) is 3.05. The first-order valence-corrected chi connectivity index (χ1v) is 5.64. The van der Waals surface area contributed by atoms with Crippen molar-refractivity contribution in [2.75, 3.05) is 6.54 Å². The predicted octanol–water partition coefficient (Wildman–Crippen LogP) is -0.441. The molecule has 1 aliphatic heterocycles. The van der Waals surface area contributed by atoms with Crippen LogP contribution >= 0.6 is 0 Å². The normalized spacial score (nSPS) is 26.4. The Kier molecular flexibility index (Phi) is 4.47. The van der Waals surface area contributed by atoms with Gasteiger partial charge in [-0.2, -0.15) is 0 Å². The lowest BCUT2D eigenvalue weighted by atomic mass is 10.1. The summed E-state index contributed by atoms with van der Waals surface area (Å²) < 4.78 is 10.0. The Balaban J connectivity index is 2.65. The maximum atomic E-state index is 11.9. The van der Waals surface area contributed by atoms with Gasteiger partial charge in [-0.1, -0.05) is 0 Å². The van der Waals surface area contributed by atoms with Crippen molar-refractivity contribution >= 4 is 12.4 Å². The Bertz CT molecular complexity index is 288. The van der Waals surface area contributed by atoms with Gasteiger partial charge in [-0.15, -0.1) is 0 Å². The Hall–Kier alpha value is -1.14. The number of hydrogen-bond donors (Lipinski definition) is 2. The molecule has 6 heteroatoms. The lowest BCUT2D eigenvalue weighted by Gasteiger charge is -2.25. The van der Waals surface area contributed by atoms with Gasteiger partial charge in [0.15, 0.2) is 0 Å². The molecule has 6 nitrogen and oxygen atoms in total. The van der Waals surface area contributed by atoms with Crippen molar-refractivity contribution in [3.05, 3.63) is 0 Å². The smallest absolute Gasteiger partial charge is 0.349 e. The topological polar surface area (TPSA) is 90.7 Å². The van der Waals surface area contributed by atoms with Gasteiger partial charge in [0.25, 0.3) is 6.47 Å². The molecule has 1 saturated heterocycles. The van der Waals surface area contributed by atoms with Crippen LogP contribution in [0.25, 0.3) is 0 Å². The fraction of sp³-hybridized carbons (Fsp3) is 0.818. The number of nitrogens with two attached hydrogens (primary N) is 1.